The maximum Gasteiger partial charge on any atom is 0.213 e. The highest BCUT2D eigenvalue weighted by atomic mass is 35.5. The molecule has 0 aromatic carbocycles. The van der Waals surface area contributed by atoms with Crippen molar-refractivity contribution in [3.63, 3.8) is 0 Å². The van der Waals surface area contributed by atoms with E-state index in [0.717, 1.165) is 18.6 Å². The van der Waals surface area contributed by atoms with Gasteiger partial charge in [0.1, 0.15) is 11.3 Å². The predicted molar refractivity (Wildman–Crippen MR) is 68.3 cm³/mol. The average molecular weight is 269 g/mol. The molecule has 0 saturated carbocycles. The summed E-state index contributed by atoms with van der Waals surface area (Å²) in [7, 11) is 0. The van der Waals surface area contributed by atoms with Gasteiger partial charge in [-0.25, -0.2) is 4.98 Å². The van der Waals surface area contributed by atoms with Crippen LogP contribution >= 0.6 is 12.4 Å². The first-order valence-electron chi connectivity index (χ1n) is 6.09. The molecule has 4 heterocycles. The summed E-state index contributed by atoms with van der Waals surface area (Å²) in [5.41, 5.74) is 1.28. The van der Waals surface area contributed by atoms with Gasteiger partial charge < -0.3 is 9.73 Å². The Kier molecular flexibility index (Phi) is 2.61. The number of pyridine rings is 1. The maximum atomic E-state index is 13.0. The first kappa shape index (κ1) is 11.9. The van der Waals surface area contributed by atoms with Gasteiger partial charge in [0.05, 0.1) is 5.54 Å². The molecule has 2 aromatic heterocycles. The summed E-state index contributed by atoms with van der Waals surface area (Å²) in [6.07, 6.45) is 4.64. The maximum absolute atomic E-state index is 13.0. The zero-order valence-electron chi connectivity index (χ0n) is 9.78. The Labute approximate surface area is 110 Å². The van der Waals surface area contributed by atoms with Gasteiger partial charge in [-0.3, -0.25) is 0 Å². The van der Waals surface area contributed by atoms with E-state index in [9.17, 15) is 4.39 Å². The third-order valence-electron chi connectivity index (χ3n) is 4.13. The van der Waals surface area contributed by atoms with E-state index in [-0.39, 0.29) is 17.9 Å². The van der Waals surface area contributed by atoms with Crippen molar-refractivity contribution in [2.45, 2.75) is 37.3 Å². The van der Waals surface area contributed by atoms with E-state index in [1.54, 1.807) is 6.07 Å². The van der Waals surface area contributed by atoms with Gasteiger partial charge in [-0.15, -0.1) is 12.4 Å². The Balaban J connectivity index is 0.000001000. The largest absolute Gasteiger partial charge is 0.457 e. The van der Waals surface area contributed by atoms with Crippen LogP contribution in [-0.4, -0.2) is 11.0 Å². The lowest BCUT2D eigenvalue weighted by molar-refractivity contribution is 0.324. The quantitative estimate of drug-likeness (QED) is 0.808. The van der Waals surface area contributed by atoms with Gasteiger partial charge >= 0.3 is 0 Å². The molecule has 0 spiro atoms. The number of nitrogens with one attached hydrogen (secondary N) is 1. The number of rotatable bonds is 1. The molecule has 18 heavy (non-hydrogen) atoms. The van der Waals surface area contributed by atoms with Crippen molar-refractivity contribution < 1.29 is 8.81 Å². The minimum Gasteiger partial charge on any atom is -0.457 e. The molecule has 2 aliphatic heterocycles. The lowest BCUT2D eigenvalue weighted by Gasteiger charge is -2.22. The van der Waals surface area contributed by atoms with E-state index in [1.165, 1.54) is 18.9 Å². The number of aromatic nitrogens is 1. The van der Waals surface area contributed by atoms with Crippen LogP contribution in [0.25, 0.3) is 11.1 Å². The van der Waals surface area contributed by atoms with Crippen LogP contribution in [0.2, 0.25) is 0 Å². The van der Waals surface area contributed by atoms with Gasteiger partial charge in [0.2, 0.25) is 5.95 Å². The van der Waals surface area contributed by atoms with Gasteiger partial charge in [-0.05, 0) is 37.8 Å². The number of furan rings is 1. The third-order valence-corrected chi connectivity index (χ3v) is 4.13. The summed E-state index contributed by atoms with van der Waals surface area (Å²) >= 11 is 0. The highest BCUT2D eigenvalue weighted by Gasteiger charge is 2.47. The zero-order chi connectivity index (χ0) is 11.5. The Morgan fingerprint density at radius 2 is 2.11 bits per heavy atom. The summed E-state index contributed by atoms with van der Waals surface area (Å²) in [4.78, 5) is 3.86. The normalized spacial score (nSPS) is 29.7. The third kappa shape index (κ3) is 1.56. The van der Waals surface area contributed by atoms with Crippen molar-refractivity contribution in [1.82, 2.24) is 10.3 Å². The molecular formula is C13H14ClFN2O. The summed E-state index contributed by atoms with van der Waals surface area (Å²) in [5.74, 6) is 0.469. The Hall–Kier alpha value is -1.13. The lowest BCUT2D eigenvalue weighted by Crippen LogP contribution is -2.32. The van der Waals surface area contributed by atoms with Crippen molar-refractivity contribution in [2.24, 2.45) is 0 Å². The second kappa shape index (κ2) is 3.93. The number of hydrogen-bond acceptors (Lipinski definition) is 3. The second-order valence-electron chi connectivity index (χ2n) is 5.13. The van der Waals surface area contributed by atoms with Crippen molar-refractivity contribution in [1.29, 1.82) is 0 Å². The SMILES string of the molecule is Cl.Fc1ccc2oc(C34CCC(CC3)N4)cc2n1. The van der Waals surface area contributed by atoms with Crippen LogP contribution in [0, 0.1) is 5.95 Å². The molecule has 1 N–H and O–H groups in total. The number of hydrogen-bond donors (Lipinski definition) is 1. The van der Waals surface area contributed by atoms with Gasteiger partial charge in [0, 0.05) is 12.1 Å². The fourth-order valence-corrected chi connectivity index (χ4v) is 3.24. The van der Waals surface area contributed by atoms with Gasteiger partial charge in [-0.2, -0.15) is 4.39 Å². The molecule has 5 heteroatoms. The molecule has 0 aliphatic carbocycles. The minimum atomic E-state index is -0.453. The highest BCUT2D eigenvalue weighted by molar-refractivity contribution is 5.85. The molecule has 2 saturated heterocycles. The van der Waals surface area contributed by atoms with Gasteiger partial charge in [-0.1, -0.05) is 0 Å². The van der Waals surface area contributed by atoms with Crippen molar-refractivity contribution in [2.75, 3.05) is 0 Å². The van der Waals surface area contributed by atoms with Crippen LogP contribution in [-0.2, 0) is 5.54 Å². The van der Waals surface area contributed by atoms with Gasteiger partial charge in [0.15, 0.2) is 5.58 Å². The number of nitrogens with zero attached hydrogens (tertiary/aromatic N) is 1. The van der Waals surface area contributed by atoms with E-state index in [1.807, 2.05) is 6.07 Å². The summed E-state index contributed by atoms with van der Waals surface area (Å²) in [6.45, 7) is 0. The van der Waals surface area contributed by atoms with Crippen molar-refractivity contribution in [3.05, 3.63) is 29.9 Å². The van der Waals surface area contributed by atoms with Crippen molar-refractivity contribution >= 4 is 23.5 Å². The molecule has 96 valence electrons. The van der Waals surface area contributed by atoms with Gasteiger partial charge in [0.25, 0.3) is 0 Å². The predicted octanol–water partition coefficient (Wildman–Crippen LogP) is 3.13. The van der Waals surface area contributed by atoms with Crippen LogP contribution in [0.5, 0.6) is 0 Å². The Morgan fingerprint density at radius 1 is 1.33 bits per heavy atom. The molecule has 2 fully saturated rings. The molecule has 0 unspecified atom stereocenters. The zero-order valence-corrected chi connectivity index (χ0v) is 10.6. The van der Waals surface area contributed by atoms with Crippen molar-refractivity contribution in [3.8, 4) is 0 Å². The topological polar surface area (TPSA) is 38.1 Å². The first-order valence-corrected chi connectivity index (χ1v) is 6.09. The molecule has 3 nitrogen and oxygen atoms in total. The molecule has 2 aliphatic rings. The van der Waals surface area contributed by atoms with E-state index in [4.69, 9.17) is 4.42 Å². The molecule has 0 amide bonds. The first-order chi connectivity index (χ1) is 8.25. The van der Waals surface area contributed by atoms with Crippen LogP contribution in [0.4, 0.5) is 4.39 Å². The van der Waals surface area contributed by atoms with E-state index in [0.29, 0.717) is 17.1 Å². The van der Waals surface area contributed by atoms with E-state index in [2.05, 4.69) is 10.3 Å². The molecule has 2 bridgehead atoms. The fourth-order valence-electron chi connectivity index (χ4n) is 3.24. The van der Waals surface area contributed by atoms with Crippen LogP contribution in [0.1, 0.15) is 31.4 Å². The second-order valence-corrected chi connectivity index (χ2v) is 5.13. The molecular weight excluding hydrogens is 255 g/mol. The smallest absolute Gasteiger partial charge is 0.213 e. The summed E-state index contributed by atoms with van der Waals surface area (Å²) in [5, 5.41) is 3.62. The summed E-state index contributed by atoms with van der Waals surface area (Å²) < 4.78 is 18.9. The highest BCUT2D eigenvalue weighted by Crippen LogP contribution is 2.45. The standard InChI is InChI=1S/C13H13FN2O.ClH/c14-12-2-1-10-9(15-12)7-11(17-10)13-5-3-8(16-13)4-6-13;/h1-2,7-8,16H,3-6H2;1H. The van der Waals surface area contributed by atoms with Crippen LogP contribution < -0.4 is 5.32 Å². The Morgan fingerprint density at radius 3 is 2.78 bits per heavy atom. The molecule has 2 aromatic rings. The van der Waals surface area contributed by atoms with E-state index >= 15 is 0 Å². The monoisotopic (exact) mass is 268 g/mol. The lowest BCUT2D eigenvalue weighted by atomic mass is 9.86. The average Bonchev–Trinajstić information content (AvgIpc) is 3.01. The molecule has 0 atom stereocenters. The van der Waals surface area contributed by atoms with Crippen LogP contribution in [0.3, 0.4) is 0 Å². The minimum absolute atomic E-state index is 0. The van der Waals surface area contributed by atoms with Crippen LogP contribution in [0.15, 0.2) is 22.6 Å². The Bertz CT molecular complexity index is 590. The summed E-state index contributed by atoms with van der Waals surface area (Å²) in [6, 6.07) is 5.51. The number of fused-ring (bicyclic) bond motifs is 3. The molecule has 0 radical (unpaired) electrons. The molecule has 4 rings (SSSR count). The number of halogens is 2. The van der Waals surface area contributed by atoms with E-state index < -0.39 is 5.95 Å². The fraction of sp³-hybridized carbons (Fsp3) is 0.462.